The molecule has 1 saturated carbocycles. The highest BCUT2D eigenvalue weighted by Gasteiger charge is 2.24. The highest BCUT2D eigenvalue weighted by molar-refractivity contribution is 4.88. The molecule has 0 bridgehead atoms. The Morgan fingerprint density at radius 3 is 1.82 bits per heavy atom. The van der Waals surface area contributed by atoms with Gasteiger partial charge in [0.15, 0.2) is 0 Å². The maximum atomic E-state index is 8.14. The maximum absolute atomic E-state index is 8.14. The van der Waals surface area contributed by atoms with Gasteiger partial charge in [-0.2, -0.15) is 0 Å². The van der Waals surface area contributed by atoms with Crippen molar-refractivity contribution in [3.8, 4) is 0 Å². The predicted molar refractivity (Wildman–Crippen MR) is 39.7 cm³/mol. The van der Waals surface area contributed by atoms with Gasteiger partial charge in [0.05, 0.1) is 0 Å². The van der Waals surface area contributed by atoms with Gasteiger partial charge in [-0.1, -0.05) is 16.6 Å². The minimum absolute atomic E-state index is 0.115. The van der Waals surface area contributed by atoms with E-state index in [-0.39, 0.29) is 12.1 Å². The van der Waals surface area contributed by atoms with Crippen molar-refractivity contribution in [3.05, 3.63) is 20.9 Å². The van der Waals surface area contributed by atoms with Crippen molar-refractivity contribution in [2.75, 3.05) is 0 Å². The Labute approximate surface area is 63.5 Å². The van der Waals surface area contributed by atoms with Crippen molar-refractivity contribution in [2.24, 2.45) is 10.2 Å². The first-order chi connectivity index (χ1) is 5.38. The minimum atomic E-state index is -0.115. The third-order valence-corrected chi connectivity index (χ3v) is 1.84. The van der Waals surface area contributed by atoms with Gasteiger partial charge < -0.3 is 0 Å². The summed E-state index contributed by atoms with van der Waals surface area (Å²) < 4.78 is 0. The van der Waals surface area contributed by atoms with E-state index in [1.54, 1.807) is 0 Å². The van der Waals surface area contributed by atoms with E-state index in [2.05, 4.69) is 20.1 Å². The molecule has 0 saturated heterocycles. The van der Waals surface area contributed by atoms with Crippen LogP contribution in [-0.4, -0.2) is 12.1 Å². The minimum Gasteiger partial charge on any atom is -0.0902 e. The van der Waals surface area contributed by atoms with Gasteiger partial charge >= 0.3 is 0 Å². The molecule has 0 amide bonds. The first-order valence-corrected chi connectivity index (χ1v) is 3.47. The average Bonchev–Trinajstić information content (AvgIpc) is 2.39. The van der Waals surface area contributed by atoms with Crippen molar-refractivity contribution < 1.29 is 0 Å². The summed E-state index contributed by atoms with van der Waals surface area (Å²) >= 11 is 0. The van der Waals surface area contributed by atoms with Gasteiger partial charge in [-0.15, -0.1) is 0 Å². The number of hydrogen-bond acceptors (Lipinski definition) is 2. The van der Waals surface area contributed by atoms with Crippen LogP contribution in [0, 0.1) is 0 Å². The molecule has 0 aromatic heterocycles. The van der Waals surface area contributed by atoms with E-state index in [1.165, 1.54) is 0 Å². The molecule has 0 aliphatic heterocycles. The fourth-order valence-electron chi connectivity index (χ4n) is 1.32. The molecule has 6 nitrogen and oxygen atoms in total. The van der Waals surface area contributed by atoms with E-state index >= 15 is 0 Å². The van der Waals surface area contributed by atoms with Gasteiger partial charge in [0.2, 0.25) is 0 Å². The van der Waals surface area contributed by atoms with Crippen molar-refractivity contribution >= 4 is 0 Å². The van der Waals surface area contributed by atoms with Crippen LogP contribution >= 0.6 is 0 Å². The Morgan fingerprint density at radius 1 is 1.00 bits per heavy atom. The summed E-state index contributed by atoms with van der Waals surface area (Å²) in [5.74, 6) is 0. The Kier molecular flexibility index (Phi) is 2.60. The molecular formula is C5H8N6. The van der Waals surface area contributed by atoms with Crippen LogP contribution in [0.4, 0.5) is 0 Å². The zero-order chi connectivity index (χ0) is 8.10. The molecule has 0 spiro atoms. The SMILES string of the molecule is [N-]=[N+]=N[C@@H]1CCC[C@H]1N=[N+]=[N-]. The zero-order valence-electron chi connectivity index (χ0n) is 5.96. The second-order valence-electron chi connectivity index (χ2n) is 2.48. The molecule has 0 heterocycles. The van der Waals surface area contributed by atoms with Crippen LogP contribution in [-0.2, 0) is 0 Å². The summed E-state index contributed by atoms with van der Waals surface area (Å²) in [6, 6.07) is -0.230. The molecular weight excluding hydrogens is 144 g/mol. The molecule has 1 fully saturated rings. The molecule has 1 aliphatic carbocycles. The molecule has 6 heteroatoms. The fraction of sp³-hybridized carbons (Fsp3) is 1.00. The highest BCUT2D eigenvalue weighted by Crippen LogP contribution is 2.24. The number of nitrogens with zero attached hydrogens (tertiary/aromatic N) is 6. The smallest absolute Gasteiger partial charge is 0.0458 e. The van der Waals surface area contributed by atoms with Gasteiger partial charge in [-0.3, -0.25) is 0 Å². The maximum Gasteiger partial charge on any atom is 0.0458 e. The lowest BCUT2D eigenvalue weighted by Gasteiger charge is -2.05. The summed E-state index contributed by atoms with van der Waals surface area (Å²) in [6.45, 7) is 0. The van der Waals surface area contributed by atoms with Crippen LogP contribution in [0.25, 0.3) is 20.9 Å². The van der Waals surface area contributed by atoms with Crippen LogP contribution in [0.15, 0.2) is 10.2 Å². The molecule has 0 N–H and O–H groups in total. The molecule has 2 atom stereocenters. The molecule has 0 unspecified atom stereocenters. The van der Waals surface area contributed by atoms with Gasteiger partial charge in [0.25, 0.3) is 0 Å². The van der Waals surface area contributed by atoms with E-state index < -0.39 is 0 Å². The largest absolute Gasteiger partial charge is 0.0902 e. The zero-order valence-corrected chi connectivity index (χ0v) is 5.96. The number of hydrogen-bond donors (Lipinski definition) is 0. The lowest BCUT2D eigenvalue weighted by atomic mass is 10.2. The van der Waals surface area contributed by atoms with E-state index in [0.717, 1.165) is 19.3 Å². The van der Waals surface area contributed by atoms with Crippen LogP contribution in [0.1, 0.15) is 19.3 Å². The average molecular weight is 152 g/mol. The van der Waals surface area contributed by atoms with Crippen molar-refractivity contribution in [3.63, 3.8) is 0 Å². The van der Waals surface area contributed by atoms with Gasteiger partial charge in [0, 0.05) is 21.9 Å². The van der Waals surface area contributed by atoms with E-state index in [9.17, 15) is 0 Å². The lowest BCUT2D eigenvalue weighted by molar-refractivity contribution is 0.597. The molecule has 0 aromatic rings. The van der Waals surface area contributed by atoms with E-state index in [1.807, 2.05) is 0 Å². The van der Waals surface area contributed by atoms with Crippen LogP contribution < -0.4 is 0 Å². The number of azide groups is 2. The quantitative estimate of drug-likeness (QED) is 0.330. The lowest BCUT2D eigenvalue weighted by Crippen LogP contribution is -2.12. The predicted octanol–water partition coefficient (Wildman–Crippen LogP) is 2.53. The van der Waals surface area contributed by atoms with Crippen LogP contribution in [0.3, 0.4) is 0 Å². The number of rotatable bonds is 2. The first kappa shape index (κ1) is 7.72. The molecule has 1 aliphatic rings. The Morgan fingerprint density at radius 2 is 1.45 bits per heavy atom. The Bertz CT molecular complexity index is 199. The third-order valence-electron chi connectivity index (χ3n) is 1.84. The molecule has 0 radical (unpaired) electrons. The van der Waals surface area contributed by atoms with Crippen molar-refractivity contribution in [1.29, 1.82) is 0 Å². The van der Waals surface area contributed by atoms with Gasteiger partial charge in [-0.25, -0.2) is 0 Å². The summed E-state index contributed by atoms with van der Waals surface area (Å²) in [5, 5.41) is 7.08. The molecule has 11 heavy (non-hydrogen) atoms. The highest BCUT2D eigenvalue weighted by atomic mass is 15.2. The second-order valence-corrected chi connectivity index (χ2v) is 2.48. The van der Waals surface area contributed by atoms with Gasteiger partial charge in [-0.05, 0) is 23.9 Å². The summed E-state index contributed by atoms with van der Waals surface area (Å²) in [5.41, 5.74) is 16.3. The van der Waals surface area contributed by atoms with E-state index in [4.69, 9.17) is 11.1 Å². The van der Waals surface area contributed by atoms with Crippen molar-refractivity contribution in [2.45, 2.75) is 31.3 Å². The first-order valence-electron chi connectivity index (χ1n) is 3.47. The fourth-order valence-corrected chi connectivity index (χ4v) is 1.32. The second kappa shape index (κ2) is 3.71. The molecule has 1 rings (SSSR count). The van der Waals surface area contributed by atoms with E-state index in [0.29, 0.717) is 0 Å². The van der Waals surface area contributed by atoms with Crippen molar-refractivity contribution in [1.82, 2.24) is 0 Å². The Hall–Kier alpha value is -1.38. The van der Waals surface area contributed by atoms with Gasteiger partial charge in [0.1, 0.15) is 0 Å². The van der Waals surface area contributed by atoms with Crippen LogP contribution in [0.2, 0.25) is 0 Å². The third kappa shape index (κ3) is 1.77. The topological polar surface area (TPSA) is 97.5 Å². The standard InChI is InChI=1S/C5H8N6/c6-10-8-4-2-1-3-5(4)9-11-7/h4-5H,1-3H2/t4-,5-/m1/s1. The summed E-state index contributed by atoms with van der Waals surface area (Å²) in [7, 11) is 0. The monoisotopic (exact) mass is 152 g/mol. The summed E-state index contributed by atoms with van der Waals surface area (Å²) in [4.78, 5) is 5.38. The van der Waals surface area contributed by atoms with Crippen LogP contribution in [0.5, 0.6) is 0 Å². The molecule has 0 aromatic carbocycles. The molecule has 58 valence electrons. The normalized spacial score (nSPS) is 28.7. The summed E-state index contributed by atoms with van der Waals surface area (Å²) in [6.07, 6.45) is 2.66. The Balaban J connectivity index is 2.64.